The van der Waals surface area contributed by atoms with Gasteiger partial charge < -0.3 is 14.2 Å². The number of aromatic nitrogens is 1. The van der Waals surface area contributed by atoms with E-state index in [0.29, 0.717) is 17.0 Å². The van der Waals surface area contributed by atoms with Crippen molar-refractivity contribution in [3.05, 3.63) is 70.9 Å². The Kier molecular flexibility index (Phi) is 6.44. The van der Waals surface area contributed by atoms with Crippen LogP contribution in [0, 0.1) is 13.8 Å². The molecule has 0 unspecified atom stereocenters. The fourth-order valence-electron chi connectivity index (χ4n) is 3.03. The average molecular weight is 393 g/mol. The molecule has 0 saturated heterocycles. The van der Waals surface area contributed by atoms with E-state index in [4.69, 9.17) is 14.2 Å². The van der Waals surface area contributed by atoms with E-state index in [-0.39, 0.29) is 19.6 Å². The van der Waals surface area contributed by atoms with Gasteiger partial charge in [-0.25, -0.2) is 9.78 Å². The number of para-hydroxylation sites is 1. The first kappa shape index (κ1) is 20.3. The molecule has 3 aromatic rings. The van der Waals surface area contributed by atoms with Crippen LogP contribution in [0.5, 0.6) is 5.75 Å². The van der Waals surface area contributed by atoms with Crippen molar-refractivity contribution in [2.45, 2.75) is 26.9 Å². The van der Waals surface area contributed by atoms with Crippen molar-refractivity contribution in [3.63, 3.8) is 0 Å². The molecule has 0 aliphatic rings. The van der Waals surface area contributed by atoms with Crippen LogP contribution >= 0.6 is 0 Å². The summed E-state index contributed by atoms with van der Waals surface area (Å²) in [7, 11) is 1.31. The Balaban J connectivity index is 1.66. The fourth-order valence-corrected chi connectivity index (χ4v) is 3.03. The maximum Gasteiger partial charge on any atom is 0.340 e. The minimum Gasteiger partial charge on any atom is -0.493 e. The van der Waals surface area contributed by atoms with Gasteiger partial charge in [0, 0.05) is 5.39 Å². The molecule has 29 heavy (non-hydrogen) atoms. The van der Waals surface area contributed by atoms with Gasteiger partial charge in [0.05, 0.1) is 36.9 Å². The van der Waals surface area contributed by atoms with Gasteiger partial charge in [0.15, 0.2) is 0 Å². The smallest absolute Gasteiger partial charge is 0.340 e. The lowest BCUT2D eigenvalue weighted by Gasteiger charge is -2.13. The molecule has 0 radical (unpaired) electrons. The van der Waals surface area contributed by atoms with Gasteiger partial charge in [-0.05, 0) is 37.6 Å². The van der Waals surface area contributed by atoms with Gasteiger partial charge in [-0.2, -0.15) is 0 Å². The molecule has 0 N–H and O–H groups in total. The predicted octanol–water partition coefficient (Wildman–Crippen LogP) is 4.15. The van der Waals surface area contributed by atoms with E-state index in [2.05, 4.69) is 4.98 Å². The predicted molar refractivity (Wildman–Crippen MR) is 109 cm³/mol. The van der Waals surface area contributed by atoms with Crippen molar-refractivity contribution >= 4 is 22.8 Å². The number of aryl methyl sites for hydroxylation is 2. The van der Waals surface area contributed by atoms with Crippen LogP contribution in [0.25, 0.3) is 10.9 Å². The third kappa shape index (κ3) is 4.90. The summed E-state index contributed by atoms with van der Waals surface area (Å²) < 4.78 is 15.8. The van der Waals surface area contributed by atoms with Gasteiger partial charge in [0.2, 0.25) is 0 Å². The van der Waals surface area contributed by atoms with E-state index >= 15 is 0 Å². The lowest BCUT2D eigenvalue weighted by molar-refractivity contribution is -0.145. The van der Waals surface area contributed by atoms with Crippen molar-refractivity contribution in [1.82, 2.24) is 4.98 Å². The van der Waals surface area contributed by atoms with Gasteiger partial charge in [0.25, 0.3) is 0 Å². The molecule has 0 fully saturated rings. The molecule has 1 aromatic heterocycles. The maximum atomic E-state index is 12.3. The number of hydrogen-bond acceptors (Lipinski definition) is 6. The van der Waals surface area contributed by atoms with Gasteiger partial charge in [-0.15, -0.1) is 0 Å². The van der Waals surface area contributed by atoms with Crippen LogP contribution in [-0.4, -0.2) is 30.6 Å². The van der Waals surface area contributed by atoms with Crippen molar-refractivity contribution in [2.75, 3.05) is 13.7 Å². The summed E-state index contributed by atoms with van der Waals surface area (Å²) in [6.45, 7) is 3.92. The summed E-state index contributed by atoms with van der Waals surface area (Å²) >= 11 is 0. The maximum absolute atomic E-state index is 12.3. The quantitative estimate of drug-likeness (QED) is 0.562. The van der Waals surface area contributed by atoms with E-state index in [1.165, 1.54) is 7.11 Å². The molecule has 1 heterocycles. The van der Waals surface area contributed by atoms with Crippen LogP contribution in [0.3, 0.4) is 0 Å². The Labute approximate surface area is 169 Å². The summed E-state index contributed by atoms with van der Waals surface area (Å²) in [4.78, 5) is 28.9. The number of pyridine rings is 1. The highest BCUT2D eigenvalue weighted by atomic mass is 16.5. The Morgan fingerprint density at radius 3 is 2.45 bits per heavy atom. The molecule has 3 rings (SSSR count). The number of carbonyl (C=O) groups excluding carboxylic acids is 2. The van der Waals surface area contributed by atoms with E-state index in [1.807, 2.05) is 62.4 Å². The van der Waals surface area contributed by atoms with E-state index < -0.39 is 11.9 Å². The summed E-state index contributed by atoms with van der Waals surface area (Å²) in [6, 6.07) is 15.1. The lowest BCUT2D eigenvalue weighted by atomic mass is 10.0. The zero-order chi connectivity index (χ0) is 20.8. The third-order valence-corrected chi connectivity index (χ3v) is 4.58. The van der Waals surface area contributed by atoms with Crippen LogP contribution in [-0.2, 0) is 20.9 Å². The molecule has 6 nitrogen and oxygen atoms in total. The highest BCUT2D eigenvalue weighted by molar-refractivity contribution is 5.98. The number of fused-ring (bicyclic) bond motifs is 1. The molecule has 0 saturated carbocycles. The number of ether oxygens (including phenoxy) is 3. The molecular weight excluding hydrogens is 370 g/mol. The first-order chi connectivity index (χ1) is 14.0. The zero-order valence-corrected chi connectivity index (χ0v) is 16.7. The average Bonchev–Trinajstić information content (AvgIpc) is 2.73. The second-order valence-corrected chi connectivity index (χ2v) is 6.64. The second-order valence-electron chi connectivity index (χ2n) is 6.64. The van der Waals surface area contributed by atoms with E-state index in [9.17, 15) is 9.59 Å². The number of carbonyl (C=O) groups is 2. The molecule has 2 aromatic carbocycles. The van der Waals surface area contributed by atoms with Crippen molar-refractivity contribution in [2.24, 2.45) is 0 Å². The van der Waals surface area contributed by atoms with E-state index in [1.54, 1.807) is 0 Å². The molecule has 0 spiro atoms. The minimum absolute atomic E-state index is 0.0913. The van der Waals surface area contributed by atoms with Crippen LogP contribution in [0.15, 0.2) is 48.5 Å². The lowest BCUT2D eigenvalue weighted by Crippen LogP contribution is -2.15. The second kappa shape index (κ2) is 9.19. The number of rotatable bonds is 7. The number of methoxy groups -OCH3 is 1. The van der Waals surface area contributed by atoms with E-state index in [0.717, 1.165) is 22.0 Å². The fraction of sp³-hybridized carbons (Fsp3) is 0.261. The summed E-state index contributed by atoms with van der Waals surface area (Å²) in [5, 5.41) is 0.856. The van der Waals surface area contributed by atoms with Crippen LogP contribution in [0.1, 0.15) is 33.6 Å². The Bertz CT molecular complexity index is 1030. The van der Waals surface area contributed by atoms with Crippen LogP contribution in [0.2, 0.25) is 0 Å². The van der Waals surface area contributed by atoms with Gasteiger partial charge in [-0.1, -0.05) is 35.9 Å². The number of hydrogen-bond donors (Lipinski definition) is 0. The topological polar surface area (TPSA) is 74.7 Å². The minimum atomic E-state index is -0.505. The van der Waals surface area contributed by atoms with Gasteiger partial charge in [-0.3, -0.25) is 4.79 Å². The first-order valence-corrected chi connectivity index (χ1v) is 9.31. The van der Waals surface area contributed by atoms with Gasteiger partial charge >= 0.3 is 11.9 Å². The normalized spacial score (nSPS) is 10.6. The Morgan fingerprint density at radius 1 is 1.00 bits per heavy atom. The third-order valence-electron chi connectivity index (χ3n) is 4.58. The summed E-state index contributed by atoms with van der Waals surface area (Å²) in [6.07, 6.45) is 0.0913. The van der Waals surface area contributed by atoms with Gasteiger partial charge in [0.1, 0.15) is 12.4 Å². The van der Waals surface area contributed by atoms with Crippen molar-refractivity contribution in [1.29, 1.82) is 0 Å². The van der Waals surface area contributed by atoms with Crippen molar-refractivity contribution < 1.29 is 23.8 Å². The molecule has 0 amide bonds. The molecule has 6 heteroatoms. The van der Waals surface area contributed by atoms with Crippen LogP contribution in [0.4, 0.5) is 0 Å². The number of nitrogens with zero attached hydrogens (tertiary/aromatic N) is 1. The SMILES string of the molecule is COC(=O)c1c(COC(=O)CCOc2ccc(C)cc2)nc2ccccc2c1C. The summed E-state index contributed by atoms with van der Waals surface area (Å²) in [5.74, 6) is -0.238. The molecular formula is C23H23NO5. The highest BCUT2D eigenvalue weighted by Gasteiger charge is 2.20. The molecule has 0 aliphatic carbocycles. The number of benzene rings is 2. The number of esters is 2. The molecule has 0 bridgehead atoms. The molecule has 0 aliphatic heterocycles. The van der Waals surface area contributed by atoms with Crippen LogP contribution < -0.4 is 4.74 Å². The zero-order valence-electron chi connectivity index (χ0n) is 16.7. The monoisotopic (exact) mass is 393 g/mol. The highest BCUT2D eigenvalue weighted by Crippen LogP contribution is 2.24. The van der Waals surface area contributed by atoms with Crippen molar-refractivity contribution in [3.8, 4) is 5.75 Å². The Hall–Kier alpha value is -3.41. The Morgan fingerprint density at radius 2 is 1.72 bits per heavy atom. The summed E-state index contributed by atoms with van der Waals surface area (Å²) in [5.41, 5.74) is 3.31. The first-order valence-electron chi connectivity index (χ1n) is 9.31. The largest absolute Gasteiger partial charge is 0.493 e. The standard InChI is InChI=1S/C23H23NO5/c1-15-8-10-17(11-9-15)28-13-12-21(25)29-14-20-22(23(26)27-3)16(2)18-6-4-5-7-19(18)24-20/h4-11H,12-14H2,1-3H3. The molecule has 150 valence electrons. The molecule has 0 atom stereocenters.